The van der Waals surface area contributed by atoms with Gasteiger partial charge in [0.2, 0.25) is 0 Å². The lowest BCUT2D eigenvalue weighted by atomic mass is 10.1. The smallest absolute Gasteiger partial charge is 0.340 e. The Balaban J connectivity index is 2.77. The fraction of sp³-hybridized carbons (Fsp3) is 0.167. The van der Waals surface area contributed by atoms with E-state index in [1.165, 1.54) is 19.4 Å². The van der Waals surface area contributed by atoms with E-state index in [1.807, 2.05) is 0 Å². The summed E-state index contributed by atoms with van der Waals surface area (Å²) in [7, 11) is 2.84. The topological polar surface area (TPSA) is 48.3 Å². The normalized spacial score (nSPS) is 10.7. The SMILES string of the molecule is COC(=O)c1cc2c(cc1F)c(C(=O)Cl)cn2C. The summed E-state index contributed by atoms with van der Waals surface area (Å²) in [6.45, 7) is 0. The summed E-state index contributed by atoms with van der Waals surface area (Å²) in [5.74, 6) is -1.52. The van der Waals surface area contributed by atoms with E-state index in [2.05, 4.69) is 4.74 Å². The maximum atomic E-state index is 13.7. The summed E-state index contributed by atoms with van der Waals surface area (Å²) < 4.78 is 19.8. The molecule has 0 aliphatic rings. The molecule has 1 aromatic carbocycles. The molecule has 4 nitrogen and oxygen atoms in total. The lowest BCUT2D eigenvalue weighted by Gasteiger charge is -2.03. The van der Waals surface area contributed by atoms with Gasteiger partial charge in [0, 0.05) is 24.1 Å². The van der Waals surface area contributed by atoms with Gasteiger partial charge in [-0.15, -0.1) is 0 Å². The van der Waals surface area contributed by atoms with Crippen LogP contribution in [0.4, 0.5) is 4.39 Å². The molecule has 0 unspecified atom stereocenters. The Morgan fingerprint density at radius 2 is 2.00 bits per heavy atom. The molecule has 0 N–H and O–H groups in total. The van der Waals surface area contributed by atoms with Crippen molar-refractivity contribution >= 4 is 33.7 Å². The van der Waals surface area contributed by atoms with Crippen molar-refractivity contribution in [1.82, 2.24) is 4.57 Å². The third kappa shape index (κ3) is 1.86. The van der Waals surface area contributed by atoms with Crippen LogP contribution in [-0.2, 0) is 11.8 Å². The Morgan fingerprint density at radius 1 is 1.33 bits per heavy atom. The average Bonchev–Trinajstić information content (AvgIpc) is 2.64. The monoisotopic (exact) mass is 269 g/mol. The van der Waals surface area contributed by atoms with E-state index in [0.717, 1.165) is 6.07 Å². The molecule has 0 bridgehead atoms. The van der Waals surface area contributed by atoms with E-state index in [9.17, 15) is 14.0 Å². The number of carbonyl (C=O) groups is 2. The van der Waals surface area contributed by atoms with Crippen molar-refractivity contribution in [3.05, 3.63) is 35.3 Å². The van der Waals surface area contributed by atoms with E-state index in [-0.39, 0.29) is 11.1 Å². The van der Waals surface area contributed by atoms with Crippen LogP contribution in [0.1, 0.15) is 20.7 Å². The fourth-order valence-electron chi connectivity index (χ4n) is 1.83. The van der Waals surface area contributed by atoms with Crippen LogP contribution in [0.2, 0.25) is 0 Å². The van der Waals surface area contributed by atoms with Crippen LogP contribution in [0.5, 0.6) is 0 Å². The third-order valence-corrected chi connectivity index (χ3v) is 2.90. The van der Waals surface area contributed by atoms with Gasteiger partial charge in [0.05, 0.1) is 18.2 Å². The van der Waals surface area contributed by atoms with Crippen LogP contribution >= 0.6 is 11.6 Å². The largest absolute Gasteiger partial charge is 0.465 e. The predicted octanol–water partition coefficient (Wildman–Crippen LogP) is 2.48. The number of esters is 1. The molecule has 0 aliphatic heterocycles. The van der Waals surface area contributed by atoms with Crippen molar-refractivity contribution in [2.75, 3.05) is 7.11 Å². The van der Waals surface area contributed by atoms with Crippen LogP contribution in [0.15, 0.2) is 18.3 Å². The lowest BCUT2D eigenvalue weighted by Crippen LogP contribution is -2.04. The standard InChI is InChI=1S/C12H9ClFNO3/c1-15-5-8(11(13)16)6-3-9(14)7(4-10(6)15)12(17)18-2/h3-5H,1-2H3. The molecular formula is C12H9ClFNO3. The molecule has 0 saturated carbocycles. The first-order chi connectivity index (χ1) is 8.45. The zero-order valence-corrected chi connectivity index (χ0v) is 10.4. The molecular weight excluding hydrogens is 261 g/mol. The first-order valence-corrected chi connectivity index (χ1v) is 5.40. The molecule has 2 rings (SSSR count). The molecule has 2 aromatic rings. The number of nitrogens with zero attached hydrogens (tertiary/aromatic N) is 1. The van der Waals surface area contributed by atoms with Crippen molar-refractivity contribution in [3.8, 4) is 0 Å². The number of benzene rings is 1. The van der Waals surface area contributed by atoms with E-state index in [0.29, 0.717) is 10.9 Å². The molecule has 1 heterocycles. The number of carbonyl (C=O) groups excluding carboxylic acids is 2. The lowest BCUT2D eigenvalue weighted by molar-refractivity contribution is 0.0595. The number of ether oxygens (including phenoxy) is 1. The second-order valence-electron chi connectivity index (χ2n) is 3.77. The van der Waals surface area contributed by atoms with Crippen LogP contribution < -0.4 is 0 Å². The summed E-state index contributed by atoms with van der Waals surface area (Å²) in [5, 5.41) is -0.312. The Kier molecular flexibility index (Phi) is 3.09. The Labute approximate surface area is 107 Å². The molecule has 6 heteroatoms. The van der Waals surface area contributed by atoms with Gasteiger partial charge in [-0.05, 0) is 23.7 Å². The van der Waals surface area contributed by atoms with Crippen LogP contribution in [0.3, 0.4) is 0 Å². The van der Waals surface area contributed by atoms with Crippen molar-refractivity contribution in [2.24, 2.45) is 7.05 Å². The van der Waals surface area contributed by atoms with Crippen molar-refractivity contribution in [3.63, 3.8) is 0 Å². The van der Waals surface area contributed by atoms with E-state index < -0.39 is 17.0 Å². The Hall–Kier alpha value is -1.88. The zero-order chi connectivity index (χ0) is 13.4. The van der Waals surface area contributed by atoms with Gasteiger partial charge in [-0.3, -0.25) is 4.79 Å². The molecule has 94 valence electrons. The summed E-state index contributed by atoms with van der Waals surface area (Å²) in [4.78, 5) is 22.6. The molecule has 0 radical (unpaired) electrons. The van der Waals surface area contributed by atoms with Crippen LogP contribution in [0, 0.1) is 5.82 Å². The van der Waals surface area contributed by atoms with Gasteiger partial charge >= 0.3 is 5.97 Å². The highest BCUT2D eigenvalue weighted by Gasteiger charge is 2.18. The second kappa shape index (κ2) is 4.42. The number of fused-ring (bicyclic) bond motifs is 1. The summed E-state index contributed by atoms with van der Waals surface area (Å²) in [6.07, 6.45) is 1.49. The van der Waals surface area contributed by atoms with Gasteiger partial charge < -0.3 is 9.30 Å². The van der Waals surface area contributed by atoms with Crippen molar-refractivity contribution in [2.45, 2.75) is 0 Å². The average molecular weight is 270 g/mol. The van der Waals surface area contributed by atoms with E-state index in [4.69, 9.17) is 11.6 Å². The number of hydrogen-bond donors (Lipinski definition) is 0. The quantitative estimate of drug-likeness (QED) is 0.622. The molecule has 0 saturated heterocycles. The number of methoxy groups -OCH3 is 1. The van der Waals surface area contributed by atoms with Gasteiger partial charge in [0.15, 0.2) is 0 Å². The minimum absolute atomic E-state index is 0.181. The highest BCUT2D eigenvalue weighted by molar-refractivity contribution is 6.68. The molecule has 0 spiro atoms. The third-order valence-electron chi connectivity index (χ3n) is 2.70. The molecule has 18 heavy (non-hydrogen) atoms. The summed E-state index contributed by atoms with van der Waals surface area (Å²) in [6, 6.07) is 2.44. The number of hydrogen-bond acceptors (Lipinski definition) is 3. The first kappa shape index (κ1) is 12.6. The van der Waals surface area contributed by atoms with Crippen LogP contribution in [-0.4, -0.2) is 22.9 Å². The summed E-state index contributed by atoms with van der Waals surface area (Å²) >= 11 is 5.41. The second-order valence-corrected chi connectivity index (χ2v) is 4.11. The minimum atomic E-state index is -0.769. The Morgan fingerprint density at radius 3 is 2.56 bits per heavy atom. The Bertz CT molecular complexity index is 663. The summed E-state index contributed by atoms with van der Waals surface area (Å²) in [5.41, 5.74) is 0.546. The highest BCUT2D eigenvalue weighted by Crippen LogP contribution is 2.25. The van der Waals surface area contributed by atoms with Crippen molar-refractivity contribution in [1.29, 1.82) is 0 Å². The number of aryl methyl sites for hydroxylation is 1. The number of rotatable bonds is 2. The fourth-order valence-corrected chi connectivity index (χ4v) is 1.98. The van der Waals surface area contributed by atoms with Gasteiger partial charge in [-0.25, -0.2) is 9.18 Å². The maximum Gasteiger partial charge on any atom is 0.340 e. The van der Waals surface area contributed by atoms with E-state index in [1.54, 1.807) is 11.6 Å². The zero-order valence-electron chi connectivity index (χ0n) is 9.66. The molecule has 0 amide bonds. The van der Waals surface area contributed by atoms with Gasteiger partial charge in [0.1, 0.15) is 5.82 Å². The predicted molar refractivity (Wildman–Crippen MR) is 64.4 cm³/mol. The van der Waals surface area contributed by atoms with Crippen molar-refractivity contribution < 1.29 is 18.7 Å². The maximum absolute atomic E-state index is 13.7. The molecule has 1 aromatic heterocycles. The first-order valence-electron chi connectivity index (χ1n) is 5.02. The number of halogens is 2. The van der Waals surface area contributed by atoms with E-state index >= 15 is 0 Å². The molecule has 0 aliphatic carbocycles. The highest BCUT2D eigenvalue weighted by atomic mass is 35.5. The molecule has 0 atom stereocenters. The van der Waals surface area contributed by atoms with Gasteiger partial charge in [-0.1, -0.05) is 0 Å². The molecule has 0 fully saturated rings. The van der Waals surface area contributed by atoms with Gasteiger partial charge in [0.25, 0.3) is 5.24 Å². The van der Waals surface area contributed by atoms with Gasteiger partial charge in [-0.2, -0.15) is 0 Å². The number of aromatic nitrogens is 1. The van der Waals surface area contributed by atoms with Crippen LogP contribution in [0.25, 0.3) is 10.9 Å². The minimum Gasteiger partial charge on any atom is -0.465 e.